The normalized spacial score (nSPS) is 24.7. The average molecular weight is 393 g/mol. The number of rotatable bonds is 7. The predicted octanol–water partition coefficient (Wildman–Crippen LogP) is 1.09. The molecule has 2 aliphatic heterocycles. The molecule has 0 spiro atoms. The van der Waals surface area contributed by atoms with Crippen LogP contribution in [-0.4, -0.2) is 78.1 Å². The van der Waals surface area contributed by atoms with E-state index < -0.39 is 36.4 Å². The number of carbonyl (C=O) groups is 3. The van der Waals surface area contributed by atoms with E-state index in [1.54, 1.807) is 4.90 Å². The van der Waals surface area contributed by atoms with Crippen molar-refractivity contribution in [3.8, 4) is 0 Å². The maximum Gasteiger partial charge on any atom is 0.393 e. The zero-order valence-corrected chi connectivity index (χ0v) is 15.1. The molecule has 2 N–H and O–H groups in total. The fourth-order valence-corrected chi connectivity index (χ4v) is 3.63. The lowest BCUT2D eigenvalue weighted by atomic mass is 9.96. The minimum Gasteiger partial charge on any atom is -0.481 e. The van der Waals surface area contributed by atoms with Gasteiger partial charge in [-0.25, -0.2) is 0 Å². The van der Waals surface area contributed by atoms with E-state index in [0.717, 1.165) is 25.8 Å². The summed E-state index contributed by atoms with van der Waals surface area (Å²) in [6.07, 6.45) is -0.581. The van der Waals surface area contributed by atoms with E-state index in [-0.39, 0.29) is 19.0 Å². The Balaban J connectivity index is 1.71. The highest BCUT2D eigenvalue weighted by molar-refractivity contribution is 5.78. The Morgan fingerprint density at radius 1 is 1.19 bits per heavy atom. The van der Waals surface area contributed by atoms with Crippen LogP contribution in [0, 0.1) is 11.8 Å². The monoisotopic (exact) mass is 393 g/mol. The minimum atomic E-state index is -4.60. The Hall–Kier alpha value is -1.84. The highest BCUT2D eigenvalue weighted by Gasteiger charge is 2.52. The molecule has 7 nitrogen and oxygen atoms in total. The van der Waals surface area contributed by atoms with E-state index in [4.69, 9.17) is 5.11 Å². The van der Waals surface area contributed by atoms with Crippen LogP contribution in [0.3, 0.4) is 0 Å². The Kier molecular flexibility index (Phi) is 7.46. The number of carboxylic acid groups (broad SMARTS) is 1. The molecule has 2 fully saturated rings. The Bertz CT molecular complexity index is 556. The van der Waals surface area contributed by atoms with Crippen molar-refractivity contribution in [1.82, 2.24) is 15.1 Å². The molecule has 27 heavy (non-hydrogen) atoms. The van der Waals surface area contributed by atoms with Crippen LogP contribution >= 0.6 is 0 Å². The predicted molar refractivity (Wildman–Crippen MR) is 89.8 cm³/mol. The highest BCUT2D eigenvalue weighted by atomic mass is 19.4. The van der Waals surface area contributed by atoms with Gasteiger partial charge >= 0.3 is 12.1 Å². The van der Waals surface area contributed by atoms with Crippen molar-refractivity contribution in [2.45, 2.75) is 38.3 Å². The Morgan fingerprint density at radius 2 is 1.93 bits per heavy atom. The number of nitrogens with one attached hydrogen (secondary N) is 1. The topological polar surface area (TPSA) is 89.9 Å². The lowest BCUT2D eigenvalue weighted by Gasteiger charge is -2.20. The molecule has 2 saturated heterocycles. The van der Waals surface area contributed by atoms with Crippen molar-refractivity contribution in [3.63, 3.8) is 0 Å². The van der Waals surface area contributed by atoms with Gasteiger partial charge in [-0.05, 0) is 19.3 Å². The maximum absolute atomic E-state index is 12.9. The number of carbonyl (C=O) groups excluding carboxylic acids is 2. The third-order valence-corrected chi connectivity index (χ3v) is 5.10. The van der Waals surface area contributed by atoms with Gasteiger partial charge in [0.25, 0.3) is 0 Å². The summed E-state index contributed by atoms with van der Waals surface area (Å²) in [5.74, 6) is -5.33. The summed E-state index contributed by atoms with van der Waals surface area (Å²) in [4.78, 5) is 37.9. The van der Waals surface area contributed by atoms with E-state index >= 15 is 0 Å². The summed E-state index contributed by atoms with van der Waals surface area (Å²) in [5, 5.41) is 11.6. The van der Waals surface area contributed by atoms with Gasteiger partial charge in [0, 0.05) is 39.1 Å². The van der Waals surface area contributed by atoms with Crippen LogP contribution in [0.1, 0.15) is 32.1 Å². The first-order valence-electron chi connectivity index (χ1n) is 9.25. The largest absolute Gasteiger partial charge is 0.481 e. The molecule has 2 rings (SSSR count). The van der Waals surface area contributed by atoms with Crippen LogP contribution in [-0.2, 0) is 14.4 Å². The van der Waals surface area contributed by atoms with Crippen molar-refractivity contribution >= 4 is 17.8 Å². The van der Waals surface area contributed by atoms with Gasteiger partial charge in [-0.2, -0.15) is 13.2 Å². The molecular formula is C17H26F3N3O4. The number of hydrogen-bond acceptors (Lipinski definition) is 4. The van der Waals surface area contributed by atoms with E-state index in [9.17, 15) is 27.6 Å². The third kappa shape index (κ3) is 6.37. The first kappa shape index (κ1) is 21.5. The van der Waals surface area contributed by atoms with Gasteiger partial charge in [-0.1, -0.05) is 6.42 Å². The molecule has 0 aromatic carbocycles. The lowest BCUT2D eigenvalue weighted by molar-refractivity contribution is -0.188. The van der Waals surface area contributed by atoms with Gasteiger partial charge in [0.2, 0.25) is 11.8 Å². The van der Waals surface area contributed by atoms with Gasteiger partial charge in [0.05, 0.1) is 18.4 Å². The first-order valence-corrected chi connectivity index (χ1v) is 9.25. The fourth-order valence-electron chi connectivity index (χ4n) is 3.63. The number of amides is 2. The molecule has 2 heterocycles. The van der Waals surface area contributed by atoms with Crippen molar-refractivity contribution in [1.29, 1.82) is 0 Å². The van der Waals surface area contributed by atoms with E-state index in [2.05, 4.69) is 5.32 Å². The summed E-state index contributed by atoms with van der Waals surface area (Å²) in [5.41, 5.74) is 0. The van der Waals surface area contributed by atoms with Crippen LogP contribution in [0.5, 0.6) is 0 Å². The Labute approximate surface area is 155 Å². The van der Waals surface area contributed by atoms with Crippen molar-refractivity contribution in [3.05, 3.63) is 0 Å². The van der Waals surface area contributed by atoms with Crippen molar-refractivity contribution in [2.24, 2.45) is 11.8 Å². The second-order valence-corrected chi connectivity index (χ2v) is 7.18. The SMILES string of the molecule is O=C(CN1C[C@@H](C(F)(F)F)[C@H](C(=O)O)C1)NCCCN1CCCCCC1=O. The second kappa shape index (κ2) is 9.38. The van der Waals surface area contributed by atoms with Gasteiger partial charge < -0.3 is 15.3 Å². The zero-order valence-electron chi connectivity index (χ0n) is 15.1. The van der Waals surface area contributed by atoms with Gasteiger partial charge in [-0.3, -0.25) is 19.3 Å². The number of halogens is 3. The van der Waals surface area contributed by atoms with Gasteiger partial charge in [0.15, 0.2) is 0 Å². The number of alkyl halides is 3. The number of nitrogens with zero attached hydrogens (tertiary/aromatic N) is 2. The molecule has 2 amide bonds. The number of carboxylic acids is 1. The standard InChI is InChI=1S/C17H26F3N3O4/c18-17(19,20)13-10-22(9-12(13)16(26)27)11-14(24)21-6-4-8-23-7-3-1-2-5-15(23)25/h12-13H,1-11H2,(H,21,24)(H,26,27)/t12-,13-/m1/s1. The zero-order chi connectivity index (χ0) is 20.0. The van der Waals surface area contributed by atoms with E-state index in [0.29, 0.717) is 25.9 Å². The Morgan fingerprint density at radius 3 is 2.56 bits per heavy atom. The molecule has 0 aliphatic carbocycles. The first-order chi connectivity index (χ1) is 12.7. The summed E-state index contributed by atoms with van der Waals surface area (Å²) in [7, 11) is 0. The summed E-state index contributed by atoms with van der Waals surface area (Å²) >= 11 is 0. The molecule has 2 aliphatic rings. The molecule has 154 valence electrons. The van der Waals surface area contributed by atoms with Crippen LogP contribution < -0.4 is 5.32 Å². The maximum atomic E-state index is 12.9. The molecule has 2 atom stereocenters. The van der Waals surface area contributed by atoms with Gasteiger partial charge in [0.1, 0.15) is 0 Å². The van der Waals surface area contributed by atoms with Crippen LogP contribution in [0.15, 0.2) is 0 Å². The molecular weight excluding hydrogens is 367 g/mol. The molecule has 0 saturated carbocycles. The fraction of sp³-hybridized carbons (Fsp3) is 0.824. The van der Waals surface area contributed by atoms with Crippen LogP contribution in [0.25, 0.3) is 0 Å². The minimum absolute atomic E-state index is 0.119. The average Bonchev–Trinajstić information content (AvgIpc) is 2.90. The molecule has 0 aromatic heterocycles. The molecule has 0 aromatic rings. The molecule has 0 unspecified atom stereocenters. The van der Waals surface area contributed by atoms with Crippen molar-refractivity contribution < 1.29 is 32.7 Å². The van der Waals surface area contributed by atoms with Crippen LogP contribution in [0.4, 0.5) is 13.2 Å². The molecule has 10 heteroatoms. The highest BCUT2D eigenvalue weighted by Crippen LogP contribution is 2.37. The van der Waals surface area contributed by atoms with E-state index in [1.807, 2.05) is 0 Å². The smallest absolute Gasteiger partial charge is 0.393 e. The summed E-state index contributed by atoms with van der Waals surface area (Å²) in [6, 6.07) is 0. The number of likely N-dealkylation sites (tertiary alicyclic amines) is 2. The lowest BCUT2D eigenvalue weighted by Crippen LogP contribution is -2.38. The number of hydrogen-bond donors (Lipinski definition) is 2. The van der Waals surface area contributed by atoms with Gasteiger partial charge in [-0.15, -0.1) is 0 Å². The van der Waals surface area contributed by atoms with Crippen molar-refractivity contribution in [2.75, 3.05) is 39.3 Å². The van der Waals surface area contributed by atoms with Crippen LogP contribution in [0.2, 0.25) is 0 Å². The van der Waals surface area contributed by atoms with E-state index in [1.165, 1.54) is 4.90 Å². The number of aliphatic carboxylic acids is 1. The quantitative estimate of drug-likeness (QED) is 0.632. The molecule has 0 bridgehead atoms. The summed E-state index contributed by atoms with van der Waals surface area (Å²) < 4.78 is 38.8. The summed E-state index contributed by atoms with van der Waals surface area (Å²) in [6.45, 7) is 0.530. The molecule has 0 radical (unpaired) electrons. The second-order valence-electron chi connectivity index (χ2n) is 7.18. The third-order valence-electron chi connectivity index (χ3n) is 5.10.